The average Bonchev–Trinajstić information content (AvgIpc) is 2.35. The molecular formula is C15H14BrNO. The van der Waals surface area contributed by atoms with Gasteiger partial charge < -0.3 is 5.73 Å². The van der Waals surface area contributed by atoms with Gasteiger partial charge in [0.2, 0.25) is 0 Å². The number of carbonyl (C=O) groups is 1. The first-order chi connectivity index (χ1) is 8.49. The second-order valence-corrected chi connectivity index (χ2v) is 5.28. The molecule has 0 aliphatic rings. The molecule has 3 heteroatoms. The number of halogens is 1. The summed E-state index contributed by atoms with van der Waals surface area (Å²) in [5.74, 6) is 0.0249. The van der Waals surface area contributed by atoms with Gasteiger partial charge in [-0.25, -0.2) is 0 Å². The monoisotopic (exact) mass is 303 g/mol. The van der Waals surface area contributed by atoms with Crippen molar-refractivity contribution in [2.24, 2.45) is 0 Å². The minimum atomic E-state index is 0.0249. The van der Waals surface area contributed by atoms with E-state index >= 15 is 0 Å². The van der Waals surface area contributed by atoms with Crippen LogP contribution in [0, 0.1) is 13.8 Å². The maximum atomic E-state index is 12.4. The molecule has 92 valence electrons. The van der Waals surface area contributed by atoms with Gasteiger partial charge in [0.05, 0.1) is 0 Å². The van der Waals surface area contributed by atoms with Crippen LogP contribution in [-0.4, -0.2) is 5.78 Å². The highest BCUT2D eigenvalue weighted by atomic mass is 79.9. The van der Waals surface area contributed by atoms with E-state index < -0.39 is 0 Å². The fourth-order valence-corrected chi connectivity index (χ4v) is 2.17. The van der Waals surface area contributed by atoms with Crippen molar-refractivity contribution in [1.29, 1.82) is 0 Å². The van der Waals surface area contributed by atoms with Gasteiger partial charge in [0, 0.05) is 21.3 Å². The van der Waals surface area contributed by atoms with E-state index in [2.05, 4.69) is 15.9 Å². The molecule has 18 heavy (non-hydrogen) atoms. The van der Waals surface area contributed by atoms with Crippen LogP contribution in [0.25, 0.3) is 0 Å². The Bertz CT molecular complexity index is 620. The van der Waals surface area contributed by atoms with Crippen molar-refractivity contribution >= 4 is 27.4 Å². The number of nitrogen functional groups attached to an aromatic ring is 1. The number of ketones is 1. The summed E-state index contributed by atoms with van der Waals surface area (Å²) in [7, 11) is 0. The van der Waals surface area contributed by atoms with E-state index in [4.69, 9.17) is 5.73 Å². The SMILES string of the molecule is Cc1cc(C(=O)c2cc(Br)ccc2C)ccc1N. The molecule has 0 aliphatic carbocycles. The van der Waals surface area contributed by atoms with E-state index in [0.717, 1.165) is 15.6 Å². The maximum absolute atomic E-state index is 12.4. The Morgan fingerprint density at radius 2 is 1.78 bits per heavy atom. The van der Waals surface area contributed by atoms with Crippen LogP contribution in [0.1, 0.15) is 27.0 Å². The Kier molecular flexibility index (Phi) is 3.53. The first-order valence-corrected chi connectivity index (χ1v) is 6.45. The Morgan fingerprint density at radius 1 is 1.06 bits per heavy atom. The molecule has 0 atom stereocenters. The Labute approximate surface area is 115 Å². The zero-order valence-electron chi connectivity index (χ0n) is 10.3. The normalized spacial score (nSPS) is 10.4. The van der Waals surface area contributed by atoms with Crippen LogP contribution in [0.15, 0.2) is 40.9 Å². The maximum Gasteiger partial charge on any atom is 0.193 e. The fraction of sp³-hybridized carbons (Fsp3) is 0.133. The fourth-order valence-electron chi connectivity index (χ4n) is 1.81. The van der Waals surface area contributed by atoms with E-state index in [0.29, 0.717) is 16.8 Å². The molecule has 0 unspecified atom stereocenters. The highest BCUT2D eigenvalue weighted by Gasteiger charge is 2.12. The number of nitrogens with two attached hydrogens (primary N) is 1. The third-order valence-corrected chi connectivity index (χ3v) is 3.47. The van der Waals surface area contributed by atoms with Crippen molar-refractivity contribution in [3.05, 3.63) is 63.1 Å². The summed E-state index contributed by atoms with van der Waals surface area (Å²) in [6, 6.07) is 11.1. The number of carbonyl (C=O) groups excluding carboxylic acids is 1. The van der Waals surface area contributed by atoms with Crippen LogP contribution in [-0.2, 0) is 0 Å². The summed E-state index contributed by atoms with van der Waals surface area (Å²) in [6.45, 7) is 3.84. The third-order valence-electron chi connectivity index (χ3n) is 2.98. The molecule has 0 fully saturated rings. The second-order valence-electron chi connectivity index (χ2n) is 4.36. The van der Waals surface area contributed by atoms with Crippen LogP contribution in [0.5, 0.6) is 0 Å². The van der Waals surface area contributed by atoms with E-state index in [1.807, 2.05) is 38.1 Å². The number of aryl methyl sites for hydroxylation is 2. The summed E-state index contributed by atoms with van der Waals surface area (Å²) in [5, 5.41) is 0. The number of hydrogen-bond acceptors (Lipinski definition) is 2. The first-order valence-electron chi connectivity index (χ1n) is 5.66. The molecule has 0 bridgehead atoms. The predicted octanol–water partition coefficient (Wildman–Crippen LogP) is 3.88. The van der Waals surface area contributed by atoms with Gasteiger partial charge in [-0.3, -0.25) is 4.79 Å². The van der Waals surface area contributed by atoms with Gasteiger partial charge in [-0.15, -0.1) is 0 Å². The Hall–Kier alpha value is -1.61. The molecule has 0 saturated heterocycles. The van der Waals surface area contributed by atoms with Gasteiger partial charge >= 0.3 is 0 Å². The molecule has 2 N–H and O–H groups in total. The van der Waals surface area contributed by atoms with E-state index in [9.17, 15) is 4.79 Å². The van der Waals surface area contributed by atoms with Gasteiger partial charge in [-0.05, 0) is 55.3 Å². The molecule has 0 heterocycles. The summed E-state index contributed by atoms with van der Waals surface area (Å²) >= 11 is 3.39. The van der Waals surface area contributed by atoms with E-state index in [1.54, 1.807) is 12.1 Å². The third kappa shape index (κ3) is 2.46. The topological polar surface area (TPSA) is 43.1 Å². The summed E-state index contributed by atoms with van der Waals surface area (Å²) in [4.78, 5) is 12.4. The van der Waals surface area contributed by atoms with Gasteiger partial charge in [0.1, 0.15) is 0 Å². The van der Waals surface area contributed by atoms with E-state index in [-0.39, 0.29) is 5.78 Å². The molecule has 0 saturated carbocycles. The van der Waals surface area contributed by atoms with Crippen LogP contribution >= 0.6 is 15.9 Å². The number of rotatable bonds is 2. The zero-order chi connectivity index (χ0) is 13.3. The molecule has 0 amide bonds. The average molecular weight is 304 g/mol. The minimum Gasteiger partial charge on any atom is -0.399 e. The van der Waals surface area contributed by atoms with Crippen LogP contribution < -0.4 is 5.73 Å². The Morgan fingerprint density at radius 3 is 2.44 bits per heavy atom. The lowest BCUT2D eigenvalue weighted by Crippen LogP contribution is -2.04. The summed E-state index contributed by atoms with van der Waals surface area (Å²) < 4.78 is 0.906. The highest BCUT2D eigenvalue weighted by molar-refractivity contribution is 9.10. The molecule has 0 spiro atoms. The Balaban J connectivity index is 2.47. The van der Waals surface area contributed by atoms with Crippen molar-refractivity contribution < 1.29 is 4.79 Å². The molecule has 0 aliphatic heterocycles. The highest BCUT2D eigenvalue weighted by Crippen LogP contribution is 2.21. The van der Waals surface area contributed by atoms with Crippen molar-refractivity contribution in [3.8, 4) is 0 Å². The number of benzene rings is 2. The van der Waals surface area contributed by atoms with Crippen LogP contribution in [0.3, 0.4) is 0 Å². The van der Waals surface area contributed by atoms with Gasteiger partial charge in [-0.1, -0.05) is 22.0 Å². The molecule has 2 rings (SSSR count). The smallest absolute Gasteiger partial charge is 0.193 e. The standard InChI is InChI=1S/C15H14BrNO/c1-9-3-5-12(16)8-13(9)15(18)11-4-6-14(17)10(2)7-11/h3-8H,17H2,1-2H3. The molecule has 2 nitrogen and oxygen atoms in total. The van der Waals surface area contributed by atoms with Crippen LogP contribution in [0.2, 0.25) is 0 Å². The summed E-state index contributed by atoms with van der Waals surface area (Å²) in [5.41, 5.74) is 9.75. The second kappa shape index (κ2) is 4.94. The predicted molar refractivity (Wildman–Crippen MR) is 77.9 cm³/mol. The largest absolute Gasteiger partial charge is 0.399 e. The molecule has 0 radical (unpaired) electrons. The van der Waals surface area contributed by atoms with E-state index in [1.165, 1.54) is 0 Å². The number of hydrogen-bond donors (Lipinski definition) is 1. The summed E-state index contributed by atoms with van der Waals surface area (Å²) in [6.07, 6.45) is 0. The van der Waals surface area contributed by atoms with Crippen molar-refractivity contribution in [1.82, 2.24) is 0 Å². The van der Waals surface area contributed by atoms with Gasteiger partial charge in [0.15, 0.2) is 5.78 Å². The quantitative estimate of drug-likeness (QED) is 0.676. The van der Waals surface area contributed by atoms with Gasteiger partial charge in [0.25, 0.3) is 0 Å². The minimum absolute atomic E-state index is 0.0249. The van der Waals surface area contributed by atoms with Crippen molar-refractivity contribution in [3.63, 3.8) is 0 Å². The van der Waals surface area contributed by atoms with Crippen LogP contribution in [0.4, 0.5) is 5.69 Å². The lowest BCUT2D eigenvalue weighted by Gasteiger charge is -2.07. The molecule has 0 aromatic heterocycles. The zero-order valence-corrected chi connectivity index (χ0v) is 11.9. The molecule has 2 aromatic carbocycles. The lowest BCUT2D eigenvalue weighted by molar-refractivity contribution is 0.103. The molecular weight excluding hydrogens is 290 g/mol. The lowest BCUT2D eigenvalue weighted by atomic mass is 9.98. The van der Waals surface area contributed by atoms with Crippen molar-refractivity contribution in [2.45, 2.75) is 13.8 Å². The number of anilines is 1. The molecule has 2 aromatic rings. The van der Waals surface area contributed by atoms with Crippen molar-refractivity contribution in [2.75, 3.05) is 5.73 Å². The van der Waals surface area contributed by atoms with Gasteiger partial charge in [-0.2, -0.15) is 0 Å². The first kappa shape index (κ1) is 12.8.